The predicted octanol–water partition coefficient (Wildman–Crippen LogP) is 0.0687. The summed E-state index contributed by atoms with van der Waals surface area (Å²) in [6.45, 7) is 0. The maximum Gasteiger partial charge on any atom is 0.424 e. The number of nitrogen functional groups attached to an aromatic ring is 1. The van der Waals surface area contributed by atoms with Crippen molar-refractivity contribution in [3.63, 3.8) is 0 Å². The van der Waals surface area contributed by atoms with Crippen LogP contribution in [0.15, 0.2) is 50.4 Å². The van der Waals surface area contributed by atoms with Crippen molar-refractivity contribution in [1.29, 1.82) is 0 Å². The molecule has 0 radical (unpaired) electrons. The number of ether oxygens (including phenoxy) is 2. The van der Waals surface area contributed by atoms with Crippen LogP contribution < -0.4 is 20.9 Å². The van der Waals surface area contributed by atoms with E-state index in [2.05, 4.69) is 56.5 Å². The van der Waals surface area contributed by atoms with Crippen molar-refractivity contribution in [1.82, 2.24) is 19.9 Å². The van der Waals surface area contributed by atoms with Gasteiger partial charge in [-0.05, 0) is 33.6 Å². The zero-order valence-electron chi connectivity index (χ0n) is 14.7. The van der Waals surface area contributed by atoms with Crippen molar-refractivity contribution in [2.75, 3.05) is 5.73 Å². The summed E-state index contributed by atoms with van der Waals surface area (Å²) in [5.41, 5.74) is 5.15. The van der Waals surface area contributed by atoms with Crippen LogP contribution in [0, 0.1) is 0 Å². The Hall–Kier alpha value is -2.62. The molecule has 158 valence electrons. The maximum atomic E-state index is 11.7. The summed E-state index contributed by atoms with van der Waals surface area (Å²) in [6, 6.07) is 5.80. The van der Waals surface area contributed by atoms with Crippen molar-refractivity contribution in [3.05, 3.63) is 56.1 Å². The van der Waals surface area contributed by atoms with E-state index in [1.807, 2.05) is 0 Å². The SMILES string of the molecule is Nc1[nH]c(=O)nc(OC(O)(O)C(O)(O)Oc2ncc(Br)cn2)c1-c1ccc(Br)cc1. The number of H-pyrrole nitrogens is 1. The summed E-state index contributed by atoms with van der Waals surface area (Å²) in [5, 5.41) is 40.4. The lowest BCUT2D eigenvalue weighted by Crippen LogP contribution is -2.62. The number of anilines is 1. The quantitative estimate of drug-likeness (QED) is 0.229. The van der Waals surface area contributed by atoms with E-state index in [1.165, 1.54) is 12.4 Å². The van der Waals surface area contributed by atoms with Crippen LogP contribution >= 0.6 is 31.9 Å². The summed E-state index contributed by atoms with van der Waals surface area (Å²) < 4.78 is 10.6. The van der Waals surface area contributed by atoms with Gasteiger partial charge in [0.25, 0.3) is 0 Å². The Bertz CT molecular complexity index is 1100. The average Bonchev–Trinajstić information content (AvgIpc) is 2.64. The highest BCUT2D eigenvalue weighted by Gasteiger charge is 2.55. The molecule has 0 fully saturated rings. The number of aromatic nitrogens is 4. The molecule has 0 atom stereocenters. The monoisotopic (exact) mass is 545 g/mol. The lowest BCUT2D eigenvalue weighted by molar-refractivity contribution is -0.492. The van der Waals surface area contributed by atoms with Crippen LogP contribution in [0.1, 0.15) is 0 Å². The largest absolute Gasteiger partial charge is 0.424 e. The van der Waals surface area contributed by atoms with E-state index in [1.54, 1.807) is 24.3 Å². The normalized spacial score (nSPS) is 11.9. The molecule has 2 heterocycles. The van der Waals surface area contributed by atoms with Crippen LogP contribution in [0.25, 0.3) is 11.1 Å². The van der Waals surface area contributed by atoms with E-state index < -0.39 is 29.5 Å². The van der Waals surface area contributed by atoms with Crippen LogP contribution in [0.2, 0.25) is 0 Å². The highest BCUT2D eigenvalue weighted by molar-refractivity contribution is 9.10. The molecule has 14 heteroatoms. The van der Waals surface area contributed by atoms with Crippen LogP contribution in [0.3, 0.4) is 0 Å². The first kappa shape index (κ1) is 22.1. The fraction of sp³-hybridized carbons (Fsp3) is 0.125. The second-order valence-corrected chi connectivity index (χ2v) is 7.58. The van der Waals surface area contributed by atoms with Crippen molar-refractivity contribution in [2.24, 2.45) is 0 Å². The molecule has 0 bridgehead atoms. The maximum absolute atomic E-state index is 11.7. The Morgan fingerprint density at radius 2 is 1.50 bits per heavy atom. The van der Waals surface area contributed by atoms with E-state index in [0.717, 1.165) is 4.47 Å². The molecule has 0 saturated carbocycles. The fourth-order valence-electron chi connectivity index (χ4n) is 2.19. The first-order chi connectivity index (χ1) is 14.0. The molecule has 0 amide bonds. The van der Waals surface area contributed by atoms with E-state index in [9.17, 15) is 25.2 Å². The Morgan fingerprint density at radius 3 is 2.10 bits per heavy atom. The first-order valence-corrected chi connectivity index (χ1v) is 9.48. The topological polar surface area (TPSA) is 197 Å². The van der Waals surface area contributed by atoms with Crippen molar-refractivity contribution < 1.29 is 29.9 Å². The van der Waals surface area contributed by atoms with E-state index >= 15 is 0 Å². The molecule has 3 aromatic rings. The third-order valence-corrected chi connectivity index (χ3v) is 4.49. The Labute approximate surface area is 184 Å². The zero-order chi connectivity index (χ0) is 22.1. The highest BCUT2D eigenvalue weighted by atomic mass is 79.9. The van der Waals surface area contributed by atoms with Gasteiger partial charge in [0, 0.05) is 16.9 Å². The minimum absolute atomic E-state index is 0.0507. The van der Waals surface area contributed by atoms with Crippen molar-refractivity contribution >= 4 is 37.7 Å². The molecule has 30 heavy (non-hydrogen) atoms. The number of aliphatic hydroxyl groups is 4. The van der Waals surface area contributed by atoms with Gasteiger partial charge in [-0.15, -0.1) is 0 Å². The molecule has 0 unspecified atom stereocenters. The van der Waals surface area contributed by atoms with E-state index in [0.29, 0.717) is 10.0 Å². The summed E-state index contributed by atoms with van der Waals surface area (Å²) >= 11 is 6.34. The number of hydrogen-bond acceptors (Lipinski definition) is 11. The Kier molecular flexibility index (Phi) is 6.07. The highest BCUT2D eigenvalue weighted by Crippen LogP contribution is 2.35. The molecule has 0 aliphatic heterocycles. The Morgan fingerprint density at radius 1 is 0.933 bits per heavy atom. The van der Waals surface area contributed by atoms with Gasteiger partial charge in [-0.3, -0.25) is 4.98 Å². The van der Waals surface area contributed by atoms with E-state index in [4.69, 9.17) is 10.5 Å². The number of rotatable bonds is 6. The van der Waals surface area contributed by atoms with Gasteiger partial charge in [0.1, 0.15) is 5.82 Å². The molecular formula is C16H13Br2N5O7. The zero-order valence-corrected chi connectivity index (χ0v) is 17.8. The van der Waals surface area contributed by atoms with Gasteiger partial charge in [-0.2, -0.15) is 4.98 Å². The molecule has 0 aliphatic rings. The van der Waals surface area contributed by atoms with Crippen LogP contribution in [-0.4, -0.2) is 52.3 Å². The van der Waals surface area contributed by atoms with Crippen molar-refractivity contribution in [2.45, 2.75) is 11.9 Å². The number of nitrogens with two attached hydrogens (primary N) is 1. The van der Waals surface area contributed by atoms with Crippen LogP contribution in [-0.2, 0) is 0 Å². The number of nitrogens with zero attached hydrogens (tertiary/aromatic N) is 3. The molecular weight excluding hydrogens is 534 g/mol. The fourth-order valence-corrected chi connectivity index (χ4v) is 2.66. The van der Waals surface area contributed by atoms with Crippen molar-refractivity contribution in [3.8, 4) is 23.0 Å². The lowest BCUT2D eigenvalue weighted by atomic mass is 10.1. The van der Waals surface area contributed by atoms with Gasteiger partial charge >= 0.3 is 23.6 Å². The summed E-state index contributed by atoms with van der Waals surface area (Å²) in [6.07, 6.45) is 2.42. The second kappa shape index (κ2) is 8.25. The second-order valence-electron chi connectivity index (χ2n) is 5.75. The number of benzene rings is 1. The minimum atomic E-state index is -3.83. The lowest BCUT2D eigenvalue weighted by Gasteiger charge is -2.32. The number of halogens is 2. The number of aromatic amines is 1. The van der Waals surface area contributed by atoms with E-state index in [-0.39, 0.29) is 11.4 Å². The molecule has 3 rings (SSSR count). The first-order valence-electron chi connectivity index (χ1n) is 7.89. The van der Waals surface area contributed by atoms with Gasteiger partial charge < -0.3 is 35.6 Å². The van der Waals surface area contributed by atoms with Gasteiger partial charge in [-0.25, -0.2) is 14.8 Å². The van der Waals surface area contributed by atoms with Gasteiger partial charge in [-0.1, -0.05) is 28.1 Å². The third-order valence-electron chi connectivity index (χ3n) is 3.55. The van der Waals surface area contributed by atoms with Gasteiger partial charge in [0.15, 0.2) is 0 Å². The summed E-state index contributed by atoms with van der Waals surface area (Å²) in [4.78, 5) is 24.7. The molecule has 2 aromatic heterocycles. The van der Waals surface area contributed by atoms with Gasteiger partial charge in [0.2, 0.25) is 5.88 Å². The van der Waals surface area contributed by atoms with Gasteiger partial charge in [0.05, 0.1) is 10.0 Å². The predicted molar refractivity (Wildman–Crippen MR) is 108 cm³/mol. The third kappa shape index (κ3) is 4.75. The number of nitrogens with one attached hydrogen (secondary N) is 1. The van der Waals surface area contributed by atoms with Crippen LogP contribution in [0.4, 0.5) is 5.82 Å². The molecule has 0 saturated heterocycles. The summed E-state index contributed by atoms with van der Waals surface area (Å²) in [5.74, 6) is -8.55. The standard InChI is InChI=1S/C16H13Br2N5O7/c17-8-3-1-7(2-4-8)10-11(19)22-13(24)23-12(10)29-15(25,26)16(27,28)30-14-20-5-9(18)6-21-14/h1-6,25-28H,(H3,19,22,23,24). The minimum Gasteiger partial charge on any atom is -0.413 e. The average molecular weight is 547 g/mol. The number of hydrogen-bond donors (Lipinski definition) is 6. The Balaban J connectivity index is 1.98. The molecule has 0 aliphatic carbocycles. The molecule has 12 nitrogen and oxygen atoms in total. The molecule has 0 spiro atoms. The van der Waals surface area contributed by atoms with Crippen LogP contribution in [0.5, 0.6) is 11.9 Å². The smallest absolute Gasteiger partial charge is 0.413 e. The molecule has 7 N–H and O–H groups in total. The summed E-state index contributed by atoms with van der Waals surface area (Å²) in [7, 11) is 0. The molecule has 1 aromatic carbocycles.